The number of aromatic carboxylic acids is 1. The molecular formula is C14H17FN2O3. The average Bonchev–Trinajstić information content (AvgIpc) is 2.64. The number of carbonyl (C=O) groups excluding carboxylic acids is 1. The normalized spacial score (nSPS) is 15.9. The van der Waals surface area contributed by atoms with E-state index in [9.17, 15) is 19.1 Å². The Morgan fingerprint density at radius 3 is 2.60 bits per heavy atom. The molecule has 0 bridgehead atoms. The summed E-state index contributed by atoms with van der Waals surface area (Å²) in [6.07, 6.45) is 0.687. The molecule has 0 spiro atoms. The van der Waals surface area contributed by atoms with E-state index in [-0.39, 0.29) is 17.2 Å². The molecule has 0 saturated carbocycles. The van der Waals surface area contributed by atoms with Gasteiger partial charge in [0.1, 0.15) is 5.82 Å². The molecule has 1 aliphatic rings. The van der Waals surface area contributed by atoms with Crippen molar-refractivity contribution in [2.45, 2.75) is 13.3 Å². The quantitative estimate of drug-likeness (QED) is 0.893. The predicted octanol–water partition coefficient (Wildman–Crippen LogP) is 1.58. The van der Waals surface area contributed by atoms with Crippen molar-refractivity contribution < 1.29 is 19.1 Å². The molecule has 1 fully saturated rings. The molecule has 1 aromatic carbocycles. The monoisotopic (exact) mass is 280 g/mol. The van der Waals surface area contributed by atoms with Crippen LogP contribution in [0.3, 0.4) is 0 Å². The van der Waals surface area contributed by atoms with Crippen LogP contribution in [0, 0.1) is 5.82 Å². The van der Waals surface area contributed by atoms with Crippen LogP contribution in [0.4, 0.5) is 10.1 Å². The Bertz CT molecular complexity index is 533. The van der Waals surface area contributed by atoms with Crippen molar-refractivity contribution in [3.63, 3.8) is 0 Å². The van der Waals surface area contributed by atoms with Crippen LogP contribution in [0.5, 0.6) is 0 Å². The number of hydrogen-bond donors (Lipinski definition) is 1. The number of hydrogen-bond acceptors (Lipinski definition) is 3. The summed E-state index contributed by atoms with van der Waals surface area (Å²) in [6, 6.07) is 4.05. The van der Waals surface area contributed by atoms with Gasteiger partial charge < -0.3 is 14.9 Å². The molecule has 0 radical (unpaired) electrons. The zero-order valence-electron chi connectivity index (χ0n) is 11.3. The Labute approximate surface area is 116 Å². The molecule has 1 heterocycles. The van der Waals surface area contributed by atoms with Crippen LogP contribution in [0.25, 0.3) is 0 Å². The molecule has 108 valence electrons. The fourth-order valence-corrected chi connectivity index (χ4v) is 2.47. The van der Waals surface area contributed by atoms with Crippen molar-refractivity contribution in [1.82, 2.24) is 4.90 Å². The molecule has 1 N–H and O–H groups in total. The Hall–Kier alpha value is -2.11. The van der Waals surface area contributed by atoms with E-state index in [0.717, 1.165) is 0 Å². The van der Waals surface area contributed by atoms with E-state index in [4.69, 9.17) is 0 Å². The minimum absolute atomic E-state index is 0.0150. The van der Waals surface area contributed by atoms with Crippen LogP contribution in [0.2, 0.25) is 0 Å². The molecule has 5 nitrogen and oxygen atoms in total. The van der Waals surface area contributed by atoms with Gasteiger partial charge in [-0.1, -0.05) is 6.07 Å². The van der Waals surface area contributed by atoms with Crippen molar-refractivity contribution >= 4 is 17.6 Å². The smallest absolute Gasteiger partial charge is 0.337 e. The summed E-state index contributed by atoms with van der Waals surface area (Å²) in [6.45, 7) is 3.55. The Kier molecular flexibility index (Phi) is 4.22. The second kappa shape index (κ2) is 5.90. The lowest BCUT2D eigenvalue weighted by Crippen LogP contribution is -2.34. The number of para-hydroxylation sites is 1. The third kappa shape index (κ3) is 2.89. The van der Waals surface area contributed by atoms with E-state index < -0.39 is 11.8 Å². The third-order valence-corrected chi connectivity index (χ3v) is 3.47. The number of halogens is 1. The highest BCUT2D eigenvalue weighted by Crippen LogP contribution is 2.25. The zero-order valence-corrected chi connectivity index (χ0v) is 11.3. The molecule has 0 aliphatic carbocycles. The molecule has 0 atom stereocenters. The molecule has 0 aromatic heterocycles. The zero-order chi connectivity index (χ0) is 14.7. The highest BCUT2D eigenvalue weighted by atomic mass is 19.1. The molecule has 6 heteroatoms. The Morgan fingerprint density at radius 1 is 1.20 bits per heavy atom. The first-order valence-electron chi connectivity index (χ1n) is 6.53. The van der Waals surface area contributed by atoms with Gasteiger partial charge in [-0.05, 0) is 18.6 Å². The lowest BCUT2D eigenvalue weighted by Gasteiger charge is -2.25. The molecule has 1 amide bonds. The molecule has 20 heavy (non-hydrogen) atoms. The minimum atomic E-state index is -1.15. The first-order chi connectivity index (χ1) is 9.50. The van der Waals surface area contributed by atoms with Crippen LogP contribution in [0.1, 0.15) is 23.7 Å². The summed E-state index contributed by atoms with van der Waals surface area (Å²) in [4.78, 5) is 26.0. The van der Waals surface area contributed by atoms with Gasteiger partial charge in [0.25, 0.3) is 0 Å². The van der Waals surface area contributed by atoms with Crippen molar-refractivity contribution in [2.24, 2.45) is 0 Å². The second-order valence-corrected chi connectivity index (χ2v) is 4.79. The van der Waals surface area contributed by atoms with E-state index in [0.29, 0.717) is 32.6 Å². The van der Waals surface area contributed by atoms with Gasteiger partial charge in [0.05, 0.1) is 11.3 Å². The van der Waals surface area contributed by atoms with Gasteiger partial charge in [-0.15, -0.1) is 0 Å². The van der Waals surface area contributed by atoms with Gasteiger partial charge in [0, 0.05) is 33.1 Å². The predicted molar refractivity (Wildman–Crippen MR) is 72.4 cm³/mol. The molecule has 2 rings (SSSR count). The topological polar surface area (TPSA) is 60.9 Å². The van der Waals surface area contributed by atoms with E-state index in [1.165, 1.54) is 25.1 Å². The number of nitrogens with zero attached hydrogens (tertiary/aromatic N) is 2. The SMILES string of the molecule is CC(=O)N1CCCN(c2c(F)cccc2C(=O)O)CC1. The fourth-order valence-electron chi connectivity index (χ4n) is 2.47. The summed E-state index contributed by atoms with van der Waals surface area (Å²) in [5.74, 6) is -1.70. The van der Waals surface area contributed by atoms with Crippen molar-refractivity contribution in [2.75, 3.05) is 31.1 Å². The van der Waals surface area contributed by atoms with Gasteiger partial charge in [0.15, 0.2) is 0 Å². The number of rotatable bonds is 2. The second-order valence-electron chi connectivity index (χ2n) is 4.79. The summed E-state index contributed by atoms with van der Waals surface area (Å²) in [5.41, 5.74) is 0.0756. The number of anilines is 1. The number of carbonyl (C=O) groups is 2. The van der Waals surface area contributed by atoms with E-state index in [1.54, 1.807) is 9.80 Å². The lowest BCUT2D eigenvalue weighted by atomic mass is 10.1. The lowest BCUT2D eigenvalue weighted by molar-refractivity contribution is -0.128. The first kappa shape index (κ1) is 14.3. The Morgan fingerprint density at radius 2 is 1.95 bits per heavy atom. The summed E-state index contributed by atoms with van der Waals surface area (Å²) < 4.78 is 14.0. The average molecular weight is 280 g/mol. The highest BCUT2D eigenvalue weighted by Gasteiger charge is 2.23. The number of amides is 1. The van der Waals surface area contributed by atoms with Crippen LogP contribution >= 0.6 is 0 Å². The van der Waals surface area contributed by atoms with Crippen molar-refractivity contribution in [1.29, 1.82) is 0 Å². The maximum atomic E-state index is 14.0. The van der Waals surface area contributed by atoms with Crippen LogP contribution in [0.15, 0.2) is 18.2 Å². The molecule has 1 aliphatic heterocycles. The van der Waals surface area contributed by atoms with Crippen molar-refractivity contribution in [3.05, 3.63) is 29.6 Å². The van der Waals surface area contributed by atoms with Gasteiger partial charge >= 0.3 is 5.97 Å². The Balaban J connectivity index is 2.28. The van der Waals surface area contributed by atoms with Gasteiger partial charge in [-0.2, -0.15) is 0 Å². The standard InChI is InChI=1S/C14H17FN2O3/c1-10(18)16-6-3-7-17(9-8-16)13-11(14(19)20)4-2-5-12(13)15/h2,4-5H,3,6-9H2,1H3,(H,19,20). The highest BCUT2D eigenvalue weighted by molar-refractivity contribution is 5.94. The largest absolute Gasteiger partial charge is 0.478 e. The number of benzene rings is 1. The molecule has 1 saturated heterocycles. The number of carboxylic acid groups (broad SMARTS) is 1. The summed E-state index contributed by atoms with van der Waals surface area (Å²) in [5, 5.41) is 9.17. The van der Waals surface area contributed by atoms with E-state index >= 15 is 0 Å². The third-order valence-electron chi connectivity index (χ3n) is 3.47. The van der Waals surface area contributed by atoms with Crippen LogP contribution in [-0.4, -0.2) is 48.1 Å². The first-order valence-corrected chi connectivity index (χ1v) is 6.53. The van der Waals surface area contributed by atoms with Gasteiger partial charge in [-0.25, -0.2) is 9.18 Å². The maximum absolute atomic E-state index is 14.0. The molecule has 1 aromatic rings. The van der Waals surface area contributed by atoms with Gasteiger partial charge in [-0.3, -0.25) is 4.79 Å². The van der Waals surface area contributed by atoms with Crippen LogP contribution < -0.4 is 4.90 Å². The minimum Gasteiger partial charge on any atom is -0.478 e. The number of carboxylic acids is 1. The van der Waals surface area contributed by atoms with Gasteiger partial charge in [0.2, 0.25) is 5.91 Å². The maximum Gasteiger partial charge on any atom is 0.337 e. The summed E-state index contributed by atoms with van der Waals surface area (Å²) >= 11 is 0. The summed E-state index contributed by atoms with van der Waals surface area (Å²) in [7, 11) is 0. The fraction of sp³-hybridized carbons (Fsp3) is 0.429. The van der Waals surface area contributed by atoms with Crippen molar-refractivity contribution in [3.8, 4) is 0 Å². The molecule has 0 unspecified atom stereocenters. The van der Waals surface area contributed by atoms with Crippen LogP contribution in [-0.2, 0) is 4.79 Å². The van der Waals surface area contributed by atoms with E-state index in [1.807, 2.05) is 0 Å². The molecular weight excluding hydrogens is 263 g/mol. The van der Waals surface area contributed by atoms with E-state index in [2.05, 4.69) is 0 Å².